The zero-order chi connectivity index (χ0) is 17.1. The molecule has 0 unspecified atom stereocenters. The number of fused-ring (bicyclic) bond motifs is 1. The van der Waals surface area contributed by atoms with Gasteiger partial charge in [0.15, 0.2) is 5.65 Å². The number of imidazole rings is 1. The van der Waals surface area contributed by atoms with Gasteiger partial charge in [-0.1, -0.05) is 6.07 Å². The minimum absolute atomic E-state index is 0. The van der Waals surface area contributed by atoms with Gasteiger partial charge in [0.05, 0.1) is 24.2 Å². The van der Waals surface area contributed by atoms with Crippen molar-refractivity contribution in [3.63, 3.8) is 0 Å². The summed E-state index contributed by atoms with van der Waals surface area (Å²) in [6.07, 6.45) is 1.88. The lowest BCUT2D eigenvalue weighted by Gasteiger charge is -2.05. The van der Waals surface area contributed by atoms with E-state index in [2.05, 4.69) is 39.9 Å². The van der Waals surface area contributed by atoms with Crippen molar-refractivity contribution in [2.75, 3.05) is 11.9 Å². The maximum Gasteiger partial charge on any atom is 0.154 e. The summed E-state index contributed by atoms with van der Waals surface area (Å²) in [5.41, 5.74) is 1.85. The van der Waals surface area contributed by atoms with Crippen molar-refractivity contribution in [2.45, 2.75) is 20.1 Å². The highest BCUT2D eigenvalue weighted by Gasteiger charge is 2.11. The van der Waals surface area contributed by atoms with E-state index in [1.165, 1.54) is 9.75 Å². The molecule has 4 aromatic rings. The summed E-state index contributed by atoms with van der Waals surface area (Å²) in [6.45, 7) is 4.16. The molecule has 0 aliphatic heterocycles. The Morgan fingerprint density at radius 2 is 2.16 bits per heavy atom. The lowest BCUT2D eigenvalue weighted by atomic mass is 10.3. The molecule has 5 nitrogen and oxygen atoms in total. The van der Waals surface area contributed by atoms with Gasteiger partial charge in [0.1, 0.15) is 11.5 Å². The number of aromatic nitrogens is 3. The van der Waals surface area contributed by atoms with Crippen LogP contribution >= 0.6 is 22.7 Å². The van der Waals surface area contributed by atoms with Crippen LogP contribution in [0.4, 0.5) is 5.82 Å². The molecular formula is C18H20N4OS2. The summed E-state index contributed by atoms with van der Waals surface area (Å²) < 4.78 is 7.38. The number of rotatable bonds is 7. The van der Waals surface area contributed by atoms with E-state index < -0.39 is 0 Å². The summed E-state index contributed by atoms with van der Waals surface area (Å²) >= 11 is 3.46. The largest absolute Gasteiger partial charge is 0.376 e. The van der Waals surface area contributed by atoms with Gasteiger partial charge in [-0.05, 0) is 42.6 Å². The second-order valence-corrected chi connectivity index (χ2v) is 7.67. The number of hydrogen-bond acceptors (Lipinski definition) is 6. The first-order valence-electron chi connectivity index (χ1n) is 8.11. The van der Waals surface area contributed by atoms with Crippen molar-refractivity contribution >= 4 is 34.1 Å². The van der Waals surface area contributed by atoms with Gasteiger partial charge < -0.3 is 10.1 Å². The van der Waals surface area contributed by atoms with Crippen molar-refractivity contribution < 1.29 is 6.16 Å². The Balaban J connectivity index is 0.00000196. The highest BCUT2D eigenvalue weighted by atomic mass is 32.1. The lowest BCUT2D eigenvalue weighted by Crippen LogP contribution is -2.03. The zero-order valence-corrected chi connectivity index (χ0v) is 15.4. The highest BCUT2D eigenvalue weighted by Crippen LogP contribution is 2.29. The summed E-state index contributed by atoms with van der Waals surface area (Å²) in [4.78, 5) is 8.10. The summed E-state index contributed by atoms with van der Waals surface area (Å²) in [6, 6.07) is 12.3. The molecule has 25 heavy (non-hydrogen) atoms. The van der Waals surface area contributed by atoms with Crippen LogP contribution < -0.4 is 5.32 Å². The van der Waals surface area contributed by atoms with Crippen LogP contribution in [0.25, 0.3) is 16.2 Å². The molecule has 130 valence electrons. The van der Waals surface area contributed by atoms with Crippen LogP contribution in [-0.2, 0) is 17.9 Å². The molecule has 4 rings (SSSR count). The Morgan fingerprint density at radius 1 is 1.20 bits per heavy atom. The number of nitrogens with zero attached hydrogens (tertiary/aromatic N) is 3. The topological polar surface area (TPSA) is 51.5 Å². The minimum Gasteiger partial charge on any atom is -0.376 e. The van der Waals surface area contributed by atoms with Gasteiger partial charge >= 0.3 is 0 Å². The quantitative estimate of drug-likeness (QED) is 0.500. The predicted octanol–water partition coefficient (Wildman–Crippen LogP) is 4.91. The first-order valence-corrected chi connectivity index (χ1v) is 9.81. The average molecular weight is 373 g/mol. The fourth-order valence-corrected chi connectivity index (χ4v) is 4.11. The predicted molar refractivity (Wildman–Crippen MR) is 105 cm³/mol. The molecule has 0 aromatic carbocycles. The Hall–Kier alpha value is -2.22. The van der Waals surface area contributed by atoms with Gasteiger partial charge in [-0.15, -0.1) is 27.8 Å². The molecular weight excluding hydrogens is 352 g/mol. The average Bonchev–Trinajstić information content (AvgIpc) is 3.37. The fourth-order valence-electron chi connectivity index (χ4n) is 2.52. The van der Waals surface area contributed by atoms with Gasteiger partial charge in [-0.2, -0.15) is 0 Å². The van der Waals surface area contributed by atoms with Crippen molar-refractivity contribution in [1.82, 2.24) is 14.6 Å². The number of ether oxygens (including phenoxy) is 1. The van der Waals surface area contributed by atoms with Gasteiger partial charge in [0, 0.05) is 17.8 Å². The SMILES string of the molecule is CCOCc1ccc(-c2cnc3ccc(NCc4cccs4)nn23)s1.[HH]. The molecule has 1 N–H and O–H groups in total. The first-order chi connectivity index (χ1) is 12.3. The number of anilines is 1. The standard InChI is InChI=1S/C18H18N4OS2.H2/c1-2-23-12-14-5-6-16(25-14)15-11-20-18-8-7-17(21-22(15)18)19-10-13-4-3-9-24-13;/h3-9,11H,2,10,12H2,1H3,(H,19,21);1H. The van der Waals surface area contributed by atoms with E-state index in [9.17, 15) is 0 Å². The summed E-state index contributed by atoms with van der Waals surface area (Å²) in [5.74, 6) is 0.839. The molecule has 0 saturated carbocycles. The normalized spacial score (nSPS) is 11.2. The van der Waals surface area contributed by atoms with E-state index in [0.29, 0.717) is 6.61 Å². The molecule has 0 spiro atoms. The van der Waals surface area contributed by atoms with Crippen molar-refractivity contribution in [3.05, 3.63) is 57.7 Å². The summed E-state index contributed by atoms with van der Waals surface area (Å²) in [7, 11) is 0. The zero-order valence-electron chi connectivity index (χ0n) is 13.8. The molecule has 0 amide bonds. The molecule has 0 fully saturated rings. The smallest absolute Gasteiger partial charge is 0.154 e. The van der Waals surface area contributed by atoms with Crippen molar-refractivity contribution in [3.8, 4) is 10.6 Å². The van der Waals surface area contributed by atoms with Crippen LogP contribution in [0.3, 0.4) is 0 Å². The monoisotopic (exact) mass is 372 g/mol. The van der Waals surface area contributed by atoms with E-state index in [1.807, 2.05) is 29.8 Å². The van der Waals surface area contributed by atoms with Crippen LogP contribution in [0.15, 0.2) is 48.0 Å². The van der Waals surface area contributed by atoms with E-state index in [0.717, 1.165) is 35.2 Å². The van der Waals surface area contributed by atoms with Gasteiger partial charge in [-0.3, -0.25) is 0 Å². The second kappa shape index (κ2) is 7.35. The number of hydrogen-bond donors (Lipinski definition) is 1. The molecule has 0 aliphatic carbocycles. The van der Waals surface area contributed by atoms with Crippen LogP contribution in [0.2, 0.25) is 0 Å². The minimum atomic E-state index is 0. The number of nitrogens with one attached hydrogen (secondary N) is 1. The maximum absolute atomic E-state index is 5.49. The van der Waals surface area contributed by atoms with Crippen LogP contribution in [0, 0.1) is 0 Å². The third-order valence-electron chi connectivity index (χ3n) is 3.75. The molecule has 0 atom stereocenters. The maximum atomic E-state index is 5.49. The van der Waals surface area contributed by atoms with Crippen molar-refractivity contribution in [2.24, 2.45) is 0 Å². The van der Waals surface area contributed by atoms with E-state index in [1.54, 1.807) is 22.7 Å². The van der Waals surface area contributed by atoms with Crippen LogP contribution in [0.5, 0.6) is 0 Å². The Labute approximate surface area is 155 Å². The van der Waals surface area contributed by atoms with Crippen LogP contribution in [-0.4, -0.2) is 21.2 Å². The van der Waals surface area contributed by atoms with E-state index in [4.69, 9.17) is 9.84 Å². The third-order valence-corrected chi connectivity index (χ3v) is 5.71. The molecule has 0 radical (unpaired) electrons. The molecule has 4 aromatic heterocycles. The molecule has 0 saturated heterocycles. The van der Waals surface area contributed by atoms with Crippen LogP contribution in [0.1, 0.15) is 18.1 Å². The summed E-state index contributed by atoms with van der Waals surface area (Å²) in [5, 5.41) is 10.2. The van der Waals surface area contributed by atoms with Gasteiger partial charge in [0.2, 0.25) is 0 Å². The Bertz CT molecular complexity index is 965. The molecule has 7 heteroatoms. The third kappa shape index (κ3) is 3.58. The first kappa shape index (κ1) is 16.3. The Morgan fingerprint density at radius 3 is 3.00 bits per heavy atom. The fraction of sp³-hybridized carbons (Fsp3) is 0.222. The second-order valence-electron chi connectivity index (χ2n) is 5.47. The highest BCUT2D eigenvalue weighted by molar-refractivity contribution is 7.15. The van der Waals surface area contributed by atoms with Crippen molar-refractivity contribution in [1.29, 1.82) is 0 Å². The van der Waals surface area contributed by atoms with E-state index in [-0.39, 0.29) is 1.43 Å². The number of thiophene rings is 2. The molecule has 0 aliphatic rings. The van der Waals surface area contributed by atoms with Gasteiger partial charge in [0.25, 0.3) is 0 Å². The Kier molecular flexibility index (Phi) is 4.78. The molecule has 4 heterocycles. The molecule has 0 bridgehead atoms. The van der Waals surface area contributed by atoms with Gasteiger partial charge in [-0.25, -0.2) is 9.50 Å². The lowest BCUT2D eigenvalue weighted by molar-refractivity contribution is 0.136. The van der Waals surface area contributed by atoms with E-state index >= 15 is 0 Å².